The maximum Gasteiger partial charge on any atom is 0.123 e. The molecule has 1 heterocycles. The Morgan fingerprint density at radius 2 is 1.95 bits per heavy atom. The summed E-state index contributed by atoms with van der Waals surface area (Å²) >= 11 is 7.70. The van der Waals surface area contributed by atoms with Crippen molar-refractivity contribution in [2.45, 2.75) is 26.8 Å². The Hall–Kier alpha value is -0.900. The third-order valence-electron chi connectivity index (χ3n) is 2.81. The number of benzene rings is 1. The fourth-order valence-corrected chi connectivity index (χ4v) is 3.18. The zero-order valence-corrected chi connectivity index (χ0v) is 13.1. The van der Waals surface area contributed by atoms with E-state index in [-0.39, 0.29) is 0 Å². The van der Waals surface area contributed by atoms with Gasteiger partial charge in [0, 0.05) is 22.0 Å². The van der Waals surface area contributed by atoms with E-state index in [0.717, 1.165) is 28.6 Å². The highest BCUT2D eigenvalue weighted by Crippen LogP contribution is 2.30. The summed E-state index contributed by atoms with van der Waals surface area (Å²) in [6, 6.07) is 7.89. The van der Waals surface area contributed by atoms with Crippen molar-refractivity contribution in [3.8, 4) is 10.6 Å². The van der Waals surface area contributed by atoms with E-state index in [1.165, 1.54) is 10.6 Å². The highest BCUT2D eigenvalue weighted by molar-refractivity contribution is 7.15. The first-order valence-corrected chi connectivity index (χ1v) is 7.68. The lowest BCUT2D eigenvalue weighted by molar-refractivity contribution is 0.631. The Kier molecular flexibility index (Phi) is 4.97. The first-order valence-electron chi connectivity index (χ1n) is 6.49. The molecular formula is C15H19ClN2S. The molecule has 0 fully saturated rings. The summed E-state index contributed by atoms with van der Waals surface area (Å²) < 4.78 is 0. The Bertz CT molecular complexity index is 532. The molecule has 2 rings (SSSR count). The summed E-state index contributed by atoms with van der Waals surface area (Å²) in [5, 5.41) is 5.06. The third kappa shape index (κ3) is 3.78. The molecule has 0 unspecified atom stereocenters. The maximum atomic E-state index is 5.93. The molecule has 2 aromatic rings. The molecule has 19 heavy (non-hydrogen) atoms. The summed E-state index contributed by atoms with van der Waals surface area (Å²) in [7, 11) is 1.97. The van der Waals surface area contributed by atoms with E-state index in [1.807, 2.05) is 31.3 Å². The minimum Gasteiger partial charge on any atom is -0.315 e. The summed E-state index contributed by atoms with van der Waals surface area (Å²) in [4.78, 5) is 6.14. The van der Waals surface area contributed by atoms with Crippen molar-refractivity contribution in [1.29, 1.82) is 0 Å². The van der Waals surface area contributed by atoms with Crippen LogP contribution in [0.1, 0.15) is 24.4 Å². The maximum absolute atomic E-state index is 5.93. The zero-order chi connectivity index (χ0) is 13.8. The Balaban J connectivity index is 2.33. The van der Waals surface area contributed by atoms with Gasteiger partial charge in [-0.25, -0.2) is 4.98 Å². The van der Waals surface area contributed by atoms with Crippen LogP contribution in [-0.4, -0.2) is 12.0 Å². The van der Waals surface area contributed by atoms with Gasteiger partial charge in [0.05, 0.1) is 5.69 Å². The van der Waals surface area contributed by atoms with Crippen molar-refractivity contribution in [1.82, 2.24) is 10.3 Å². The summed E-state index contributed by atoms with van der Waals surface area (Å²) in [5.74, 6) is 0.621. The number of nitrogens with zero attached hydrogens (tertiary/aromatic N) is 1. The van der Waals surface area contributed by atoms with Crippen molar-refractivity contribution in [2.24, 2.45) is 5.92 Å². The standard InChI is InChI=1S/C15H19ClN2S/c1-10(2)8-13-14(9-17-3)19-15(18-13)11-4-6-12(16)7-5-11/h4-7,10,17H,8-9H2,1-3H3. The monoisotopic (exact) mass is 294 g/mol. The molecule has 102 valence electrons. The predicted molar refractivity (Wildman–Crippen MR) is 83.9 cm³/mol. The van der Waals surface area contributed by atoms with Gasteiger partial charge in [-0.1, -0.05) is 37.6 Å². The predicted octanol–water partition coefficient (Wildman–Crippen LogP) is 4.38. The normalized spacial score (nSPS) is 11.2. The summed E-state index contributed by atoms with van der Waals surface area (Å²) in [6.45, 7) is 5.34. The molecule has 2 nitrogen and oxygen atoms in total. The number of hydrogen-bond donors (Lipinski definition) is 1. The Labute approximate surface area is 123 Å². The lowest BCUT2D eigenvalue weighted by Crippen LogP contribution is -2.07. The minimum atomic E-state index is 0.621. The van der Waals surface area contributed by atoms with Gasteiger partial charge >= 0.3 is 0 Å². The SMILES string of the molecule is CNCc1sc(-c2ccc(Cl)cc2)nc1CC(C)C. The van der Waals surface area contributed by atoms with Gasteiger partial charge in [0.15, 0.2) is 0 Å². The van der Waals surface area contributed by atoms with E-state index in [0.29, 0.717) is 5.92 Å². The number of nitrogens with one attached hydrogen (secondary N) is 1. The molecule has 0 saturated carbocycles. The molecule has 0 radical (unpaired) electrons. The fraction of sp³-hybridized carbons (Fsp3) is 0.400. The van der Waals surface area contributed by atoms with Crippen LogP contribution in [-0.2, 0) is 13.0 Å². The lowest BCUT2D eigenvalue weighted by atomic mass is 10.1. The van der Waals surface area contributed by atoms with Crippen LogP contribution in [0.4, 0.5) is 0 Å². The van der Waals surface area contributed by atoms with E-state index in [2.05, 4.69) is 19.2 Å². The quantitative estimate of drug-likeness (QED) is 0.885. The lowest BCUT2D eigenvalue weighted by Gasteiger charge is -2.03. The highest BCUT2D eigenvalue weighted by atomic mass is 35.5. The van der Waals surface area contributed by atoms with Gasteiger partial charge < -0.3 is 5.32 Å². The number of aromatic nitrogens is 1. The van der Waals surface area contributed by atoms with Gasteiger partial charge in [0.25, 0.3) is 0 Å². The largest absolute Gasteiger partial charge is 0.315 e. The minimum absolute atomic E-state index is 0.621. The smallest absolute Gasteiger partial charge is 0.123 e. The van der Waals surface area contributed by atoms with E-state index in [9.17, 15) is 0 Å². The van der Waals surface area contributed by atoms with Crippen LogP contribution >= 0.6 is 22.9 Å². The number of halogens is 1. The summed E-state index contributed by atoms with van der Waals surface area (Å²) in [5.41, 5.74) is 2.36. The zero-order valence-electron chi connectivity index (χ0n) is 11.5. The van der Waals surface area contributed by atoms with Crippen molar-refractivity contribution in [2.75, 3.05) is 7.05 Å². The van der Waals surface area contributed by atoms with Crippen LogP contribution in [0, 0.1) is 5.92 Å². The molecule has 4 heteroatoms. The molecule has 0 spiro atoms. The number of hydrogen-bond acceptors (Lipinski definition) is 3. The van der Waals surface area contributed by atoms with Crippen molar-refractivity contribution in [3.63, 3.8) is 0 Å². The van der Waals surface area contributed by atoms with Crippen LogP contribution in [0.5, 0.6) is 0 Å². The molecule has 1 aromatic carbocycles. The van der Waals surface area contributed by atoms with Gasteiger partial charge in [-0.3, -0.25) is 0 Å². The molecule has 0 aliphatic carbocycles. The van der Waals surface area contributed by atoms with E-state index < -0.39 is 0 Å². The van der Waals surface area contributed by atoms with Crippen LogP contribution in [0.2, 0.25) is 5.02 Å². The highest BCUT2D eigenvalue weighted by Gasteiger charge is 2.13. The Morgan fingerprint density at radius 3 is 2.53 bits per heavy atom. The topological polar surface area (TPSA) is 24.9 Å². The van der Waals surface area contributed by atoms with E-state index >= 15 is 0 Å². The molecule has 1 N–H and O–H groups in total. The third-order valence-corrected chi connectivity index (χ3v) is 4.21. The van der Waals surface area contributed by atoms with Crippen molar-refractivity contribution in [3.05, 3.63) is 39.9 Å². The average molecular weight is 295 g/mol. The molecular weight excluding hydrogens is 276 g/mol. The Morgan fingerprint density at radius 1 is 1.26 bits per heavy atom. The van der Waals surface area contributed by atoms with Crippen LogP contribution in [0.3, 0.4) is 0 Å². The second-order valence-corrected chi connectivity index (χ2v) is 6.54. The van der Waals surface area contributed by atoms with Gasteiger partial charge in [-0.05, 0) is 31.5 Å². The van der Waals surface area contributed by atoms with Gasteiger partial charge in [-0.15, -0.1) is 11.3 Å². The van der Waals surface area contributed by atoms with Crippen LogP contribution in [0.15, 0.2) is 24.3 Å². The molecule has 0 amide bonds. The van der Waals surface area contributed by atoms with Crippen LogP contribution in [0.25, 0.3) is 10.6 Å². The second-order valence-electron chi connectivity index (χ2n) is 5.02. The van der Waals surface area contributed by atoms with Crippen molar-refractivity contribution >= 4 is 22.9 Å². The fourth-order valence-electron chi connectivity index (χ4n) is 1.94. The van der Waals surface area contributed by atoms with Gasteiger partial charge in [0.2, 0.25) is 0 Å². The molecule has 0 saturated heterocycles. The van der Waals surface area contributed by atoms with Crippen molar-refractivity contribution < 1.29 is 0 Å². The number of rotatable bonds is 5. The summed E-state index contributed by atoms with van der Waals surface area (Å²) in [6.07, 6.45) is 1.03. The van der Waals surface area contributed by atoms with Gasteiger partial charge in [0.1, 0.15) is 5.01 Å². The van der Waals surface area contributed by atoms with E-state index in [4.69, 9.17) is 16.6 Å². The molecule has 0 atom stereocenters. The molecule has 0 bridgehead atoms. The molecule has 0 aliphatic rings. The van der Waals surface area contributed by atoms with Crippen LogP contribution < -0.4 is 5.32 Å². The average Bonchev–Trinajstić information content (AvgIpc) is 2.73. The van der Waals surface area contributed by atoms with Gasteiger partial charge in [-0.2, -0.15) is 0 Å². The first kappa shape index (κ1) is 14.5. The number of thiazole rings is 1. The molecule has 0 aliphatic heterocycles. The first-order chi connectivity index (χ1) is 9.10. The van der Waals surface area contributed by atoms with E-state index in [1.54, 1.807) is 11.3 Å². The molecule has 1 aromatic heterocycles. The second kappa shape index (κ2) is 6.51.